The topological polar surface area (TPSA) is 90.8 Å². The van der Waals surface area contributed by atoms with E-state index >= 15 is 0 Å². The standard InChI is InChI=1S/C17H23N3O5/c1-10-5-13(11(2)24-10)17(21)20-6-12(8-22-3)14(7-20)16-18-15(9-23-4)19-25-16/h5,12,14H,6-9H2,1-4H3/t12-,14+/m0/s1. The number of carbonyl (C=O) groups excluding carboxylic acids is 1. The van der Waals surface area contributed by atoms with E-state index in [1.54, 1.807) is 32.1 Å². The second kappa shape index (κ2) is 7.37. The van der Waals surface area contributed by atoms with Crippen LogP contribution in [0.15, 0.2) is 15.0 Å². The largest absolute Gasteiger partial charge is 0.466 e. The number of hydrogen-bond acceptors (Lipinski definition) is 7. The normalized spacial score (nSPS) is 20.4. The number of likely N-dealkylation sites (tertiary alicyclic amines) is 1. The second-order valence-corrected chi connectivity index (χ2v) is 6.34. The van der Waals surface area contributed by atoms with Crippen LogP contribution in [0.25, 0.3) is 0 Å². The van der Waals surface area contributed by atoms with Gasteiger partial charge in [0, 0.05) is 33.2 Å². The summed E-state index contributed by atoms with van der Waals surface area (Å²) in [6.07, 6.45) is 0. The molecule has 0 aromatic carbocycles. The smallest absolute Gasteiger partial charge is 0.257 e. The maximum atomic E-state index is 12.9. The van der Waals surface area contributed by atoms with Crippen LogP contribution in [0.2, 0.25) is 0 Å². The van der Waals surface area contributed by atoms with Gasteiger partial charge in [-0.15, -0.1) is 0 Å². The fraction of sp³-hybridized carbons (Fsp3) is 0.588. The van der Waals surface area contributed by atoms with Gasteiger partial charge in [0.25, 0.3) is 5.91 Å². The molecule has 1 amide bonds. The van der Waals surface area contributed by atoms with Crippen molar-refractivity contribution in [2.75, 3.05) is 33.9 Å². The van der Waals surface area contributed by atoms with Crippen molar-refractivity contribution in [3.63, 3.8) is 0 Å². The summed E-state index contributed by atoms with van der Waals surface area (Å²) in [5.41, 5.74) is 0.597. The van der Waals surface area contributed by atoms with E-state index in [0.29, 0.717) is 49.3 Å². The van der Waals surface area contributed by atoms with Gasteiger partial charge in [-0.05, 0) is 19.9 Å². The van der Waals surface area contributed by atoms with Crippen LogP contribution in [-0.4, -0.2) is 54.9 Å². The van der Waals surface area contributed by atoms with Crippen molar-refractivity contribution in [2.24, 2.45) is 5.92 Å². The zero-order chi connectivity index (χ0) is 18.0. The monoisotopic (exact) mass is 349 g/mol. The molecule has 0 unspecified atom stereocenters. The Bertz CT molecular complexity index is 738. The molecule has 0 N–H and O–H groups in total. The number of aryl methyl sites for hydroxylation is 2. The van der Waals surface area contributed by atoms with E-state index in [2.05, 4.69) is 10.1 Å². The molecule has 1 fully saturated rings. The predicted molar refractivity (Wildman–Crippen MR) is 87.2 cm³/mol. The lowest BCUT2D eigenvalue weighted by Crippen LogP contribution is -2.29. The Morgan fingerprint density at radius 1 is 1.32 bits per heavy atom. The molecule has 3 rings (SSSR count). The first-order valence-corrected chi connectivity index (χ1v) is 8.20. The van der Waals surface area contributed by atoms with Crippen LogP contribution in [0, 0.1) is 19.8 Å². The van der Waals surface area contributed by atoms with Crippen molar-refractivity contribution in [2.45, 2.75) is 26.4 Å². The molecular weight excluding hydrogens is 326 g/mol. The van der Waals surface area contributed by atoms with E-state index in [0.717, 1.165) is 5.76 Å². The molecule has 0 saturated carbocycles. The fourth-order valence-electron chi connectivity index (χ4n) is 3.32. The Balaban J connectivity index is 1.79. The zero-order valence-electron chi connectivity index (χ0n) is 14.9. The summed E-state index contributed by atoms with van der Waals surface area (Å²) in [6.45, 7) is 5.52. The van der Waals surface area contributed by atoms with Gasteiger partial charge in [0.2, 0.25) is 5.89 Å². The van der Waals surface area contributed by atoms with Crippen molar-refractivity contribution in [1.29, 1.82) is 0 Å². The molecule has 0 aliphatic carbocycles. The van der Waals surface area contributed by atoms with Gasteiger partial charge in [0.1, 0.15) is 18.1 Å². The van der Waals surface area contributed by atoms with E-state index < -0.39 is 0 Å². The molecule has 3 heterocycles. The zero-order valence-corrected chi connectivity index (χ0v) is 14.9. The van der Waals surface area contributed by atoms with Crippen LogP contribution in [0.4, 0.5) is 0 Å². The van der Waals surface area contributed by atoms with Gasteiger partial charge < -0.3 is 23.3 Å². The van der Waals surface area contributed by atoms with Gasteiger partial charge in [-0.2, -0.15) is 4.98 Å². The lowest BCUT2D eigenvalue weighted by molar-refractivity contribution is 0.0773. The number of nitrogens with zero attached hydrogens (tertiary/aromatic N) is 3. The van der Waals surface area contributed by atoms with Gasteiger partial charge in [-0.25, -0.2) is 0 Å². The van der Waals surface area contributed by atoms with E-state index in [1.165, 1.54) is 0 Å². The van der Waals surface area contributed by atoms with Crippen LogP contribution < -0.4 is 0 Å². The second-order valence-electron chi connectivity index (χ2n) is 6.34. The van der Waals surface area contributed by atoms with E-state index in [-0.39, 0.29) is 17.7 Å². The lowest BCUT2D eigenvalue weighted by Gasteiger charge is -2.15. The first-order valence-electron chi connectivity index (χ1n) is 8.20. The number of aromatic nitrogens is 2. The van der Waals surface area contributed by atoms with Gasteiger partial charge >= 0.3 is 0 Å². The quantitative estimate of drug-likeness (QED) is 0.787. The summed E-state index contributed by atoms with van der Waals surface area (Å²) < 4.78 is 21.2. The third kappa shape index (κ3) is 3.59. The molecule has 1 aliphatic heterocycles. The molecule has 0 radical (unpaired) electrons. The first-order chi connectivity index (χ1) is 12.0. The predicted octanol–water partition coefficient (Wildman–Crippen LogP) is 1.93. The first kappa shape index (κ1) is 17.6. The van der Waals surface area contributed by atoms with Crippen molar-refractivity contribution in [1.82, 2.24) is 15.0 Å². The highest BCUT2D eigenvalue weighted by Crippen LogP contribution is 2.33. The van der Waals surface area contributed by atoms with Crippen LogP contribution in [0.3, 0.4) is 0 Å². The minimum atomic E-state index is -0.0599. The van der Waals surface area contributed by atoms with Gasteiger partial charge in [0.05, 0.1) is 18.1 Å². The summed E-state index contributed by atoms with van der Waals surface area (Å²) >= 11 is 0. The van der Waals surface area contributed by atoms with Crippen molar-refractivity contribution >= 4 is 5.91 Å². The Labute approximate surface area is 146 Å². The highest BCUT2D eigenvalue weighted by molar-refractivity contribution is 5.95. The Morgan fingerprint density at radius 3 is 2.76 bits per heavy atom. The van der Waals surface area contributed by atoms with Gasteiger partial charge in [-0.1, -0.05) is 5.16 Å². The van der Waals surface area contributed by atoms with Crippen molar-refractivity contribution in [3.05, 3.63) is 34.9 Å². The SMILES string of the molecule is COCc1noc([C@@H]2CN(C(=O)c3cc(C)oc3C)C[C@H]2COC)n1. The van der Waals surface area contributed by atoms with Crippen molar-refractivity contribution < 1.29 is 23.2 Å². The van der Waals surface area contributed by atoms with Crippen LogP contribution >= 0.6 is 0 Å². The maximum absolute atomic E-state index is 12.9. The minimum absolute atomic E-state index is 0.0467. The van der Waals surface area contributed by atoms with E-state index in [1.807, 2.05) is 6.92 Å². The third-order valence-electron chi connectivity index (χ3n) is 4.45. The molecule has 1 aliphatic rings. The lowest BCUT2D eigenvalue weighted by atomic mass is 9.97. The Morgan fingerprint density at radius 2 is 2.12 bits per heavy atom. The Hall–Kier alpha value is -2.19. The number of methoxy groups -OCH3 is 2. The molecule has 1 saturated heterocycles. The van der Waals surface area contributed by atoms with Crippen LogP contribution in [-0.2, 0) is 16.1 Å². The number of amides is 1. The summed E-state index contributed by atoms with van der Waals surface area (Å²) in [5.74, 6) is 2.37. The summed E-state index contributed by atoms with van der Waals surface area (Å²) in [4.78, 5) is 19.0. The van der Waals surface area contributed by atoms with Crippen LogP contribution in [0.5, 0.6) is 0 Å². The summed E-state index contributed by atoms with van der Waals surface area (Å²) in [6, 6.07) is 1.78. The highest BCUT2D eigenvalue weighted by atomic mass is 16.5. The van der Waals surface area contributed by atoms with Gasteiger partial charge in [0.15, 0.2) is 5.82 Å². The average molecular weight is 349 g/mol. The number of carbonyl (C=O) groups is 1. The third-order valence-corrected chi connectivity index (χ3v) is 4.45. The molecule has 2 aromatic rings. The van der Waals surface area contributed by atoms with Crippen molar-refractivity contribution in [3.8, 4) is 0 Å². The molecule has 0 bridgehead atoms. The number of hydrogen-bond donors (Lipinski definition) is 0. The molecule has 0 spiro atoms. The Kier molecular flexibility index (Phi) is 5.19. The van der Waals surface area contributed by atoms with Gasteiger partial charge in [-0.3, -0.25) is 4.79 Å². The summed E-state index contributed by atoms with van der Waals surface area (Å²) in [7, 11) is 3.23. The number of ether oxygens (including phenoxy) is 2. The highest BCUT2D eigenvalue weighted by Gasteiger charge is 2.40. The molecule has 8 heteroatoms. The fourth-order valence-corrected chi connectivity index (χ4v) is 3.32. The maximum Gasteiger partial charge on any atom is 0.257 e. The summed E-state index contributed by atoms with van der Waals surface area (Å²) in [5, 5.41) is 3.92. The molecule has 25 heavy (non-hydrogen) atoms. The number of furan rings is 1. The minimum Gasteiger partial charge on any atom is -0.466 e. The average Bonchev–Trinajstić information content (AvgIpc) is 3.26. The molecule has 2 atom stereocenters. The van der Waals surface area contributed by atoms with Crippen LogP contribution in [0.1, 0.15) is 39.5 Å². The number of rotatable bonds is 6. The van der Waals surface area contributed by atoms with E-state index in [9.17, 15) is 4.79 Å². The molecule has 8 nitrogen and oxygen atoms in total. The molecular formula is C17H23N3O5. The molecule has 2 aromatic heterocycles. The van der Waals surface area contributed by atoms with E-state index in [4.69, 9.17) is 18.4 Å². The molecule has 136 valence electrons.